The summed E-state index contributed by atoms with van der Waals surface area (Å²) in [6, 6.07) is 71.1. The molecule has 0 aliphatic carbocycles. The Morgan fingerprint density at radius 3 is 0.667 bits per heavy atom. The highest BCUT2D eigenvalue weighted by Crippen LogP contribution is 2.36. The number of hydrogen-bond donors (Lipinski definition) is 0. The highest BCUT2D eigenvalue weighted by Gasteiger charge is 2.16. The first-order valence-electron chi connectivity index (χ1n) is 16.4. The lowest BCUT2D eigenvalue weighted by Gasteiger charge is -2.18. The Kier molecular flexibility index (Phi) is 9.44. The summed E-state index contributed by atoms with van der Waals surface area (Å²) < 4.78 is 0. The fourth-order valence-electron chi connectivity index (χ4n) is 6.10. The zero-order valence-electron chi connectivity index (χ0n) is 26.8. The van der Waals surface area contributed by atoms with Gasteiger partial charge in [-0.25, -0.2) is 0 Å². The molecule has 0 heterocycles. The van der Waals surface area contributed by atoms with Gasteiger partial charge in [-0.15, -0.1) is 0 Å². The largest absolute Gasteiger partial charge is 0.0622 e. The summed E-state index contributed by atoms with van der Waals surface area (Å²) in [4.78, 5) is 0. The molecule has 0 unspecified atom stereocenters. The maximum absolute atomic E-state index is 2.36. The molecule has 0 nitrogen and oxygen atoms in total. The van der Waals surface area contributed by atoms with Crippen LogP contribution in [0.15, 0.2) is 200 Å². The average Bonchev–Trinajstić information content (AvgIpc) is 3.17. The zero-order valence-corrected chi connectivity index (χ0v) is 26.8. The van der Waals surface area contributed by atoms with Gasteiger partial charge in [-0.05, 0) is 103 Å². The predicted molar refractivity (Wildman–Crippen MR) is 206 cm³/mol. The van der Waals surface area contributed by atoms with Crippen molar-refractivity contribution >= 4 is 34.9 Å². The van der Waals surface area contributed by atoms with Crippen molar-refractivity contribution in [3.63, 3.8) is 0 Å². The third-order valence-electron chi connectivity index (χ3n) is 8.45. The van der Waals surface area contributed by atoms with Crippen LogP contribution in [0, 0.1) is 0 Å². The van der Waals surface area contributed by atoms with Crippen molar-refractivity contribution in [3.05, 3.63) is 250 Å². The Morgan fingerprint density at radius 2 is 0.438 bits per heavy atom. The van der Waals surface area contributed by atoms with E-state index in [9.17, 15) is 0 Å². The molecule has 0 aliphatic rings. The molecular formula is C48H36. The van der Waals surface area contributed by atoms with Crippen LogP contribution in [-0.2, 0) is 0 Å². The van der Waals surface area contributed by atoms with E-state index in [1.807, 2.05) is 0 Å². The van der Waals surface area contributed by atoms with Crippen LogP contribution in [0.5, 0.6) is 0 Å². The van der Waals surface area contributed by atoms with Gasteiger partial charge in [0.1, 0.15) is 0 Å². The van der Waals surface area contributed by atoms with E-state index in [0.717, 1.165) is 33.4 Å². The molecule has 0 spiro atoms. The van der Waals surface area contributed by atoms with Crippen molar-refractivity contribution < 1.29 is 0 Å². The van der Waals surface area contributed by atoms with Crippen LogP contribution in [-0.4, -0.2) is 0 Å². The van der Waals surface area contributed by atoms with E-state index in [0.29, 0.717) is 0 Å². The molecule has 48 heavy (non-hydrogen) atoms. The Morgan fingerprint density at radius 1 is 0.229 bits per heavy atom. The molecule has 7 rings (SSSR count). The van der Waals surface area contributed by atoms with E-state index < -0.39 is 0 Å². The van der Waals surface area contributed by atoms with Gasteiger partial charge < -0.3 is 0 Å². The van der Waals surface area contributed by atoms with Gasteiger partial charge in [0.25, 0.3) is 0 Å². The highest BCUT2D eigenvalue weighted by molar-refractivity contribution is 5.99. The first-order valence-corrected chi connectivity index (χ1v) is 16.4. The molecule has 0 bridgehead atoms. The molecule has 0 saturated heterocycles. The van der Waals surface area contributed by atoms with E-state index >= 15 is 0 Å². The first kappa shape index (κ1) is 30.4. The highest BCUT2D eigenvalue weighted by atomic mass is 14.2. The molecule has 7 aromatic carbocycles. The molecule has 0 saturated carbocycles. The standard InChI is InChI=1S/C48H36/c1-7-19-37(20-8-1)31-46(40-25-13-4-14-26-40)43-34-44(47(41-27-15-5-16-28-41)32-38-21-9-2-10-22-38)36-45(35-43)48(42-29-17-6-18-30-42)33-39-23-11-3-12-24-39/h1-36H. The van der Waals surface area contributed by atoms with Crippen molar-refractivity contribution in [1.29, 1.82) is 0 Å². The smallest absolute Gasteiger partial charge is 0.0105 e. The minimum atomic E-state index is 1.15. The molecule has 0 heteroatoms. The summed E-state index contributed by atoms with van der Waals surface area (Å²) in [5.41, 5.74) is 14.0. The van der Waals surface area contributed by atoms with E-state index in [1.54, 1.807) is 0 Å². The summed E-state index contributed by atoms with van der Waals surface area (Å²) in [5.74, 6) is 0. The summed E-state index contributed by atoms with van der Waals surface area (Å²) in [5, 5.41) is 0. The topological polar surface area (TPSA) is 0 Å². The van der Waals surface area contributed by atoms with Crippen molar-refractivity contribution in [3.8, 4) is 0 Å². The fraction of sp³-hybridized carbons (Fsp3) is 0. The monoisotopic (exact) mass is 612 g/mol. The van der Waals surface area contributed by atoms with Crippen LogP contribution in [0.25, 0.3) is 34.9 Å². The number of benzene rings is 7. The van der Waals surface area contributed by atoms with Gasteiger partial charge in [0, 0.05) is 0 Å². The first-order chi connectivity index (χ1) is 23.8. The lowest BCUT2D eigenvalue weighted by Crippen LogP contribution is -1.98. The zero-order chi connectivity index (χ0) is 32.4. The third-order valence-corrected chi connectivity index (χ3v) is 8.45. The predicted octanol–water partition coefficient (Wildman–Crippen LogP) is 12.5. The van der Waals surface area contributed by atoms with E-state index in [4.69, 9.17) is 0 Å². The molecule has 0 fully saturated rings. The minimum absolute atomic E-state index is 1.15. The van der Waals surface area contributed by atoms with Crippen LogP contribution in [0.1, 0.15) is 50.1 Å². The van der Waals surface area contributed by atoms with E-state index in [1.165, 1.54) is 33.4 Å². The maximum atomic E-state index is 2.36. The Labute approximate surface area is 284 Å². The second-order valence-electron chi connectivity index (χ2n) is 11.8. The van der Waals surface area contributed by atoms with Gasteiger partial charge in [-0.2, -0.15) is 0 Å². The van der Waals surface area contributed by atoms with Crippen molar-refractivity contribution in [2.45, 2.75) is 0 Å². The summed E-state index contributed by atoms with van der Waals surface area (Å²) >= 11 is 0. The lowest BCUT2D eigenvalue weighted by molar-refractivity contribution is 1.47. The van der Waals surface area contributed by atoms with Crippen LogP contribution in [0.3, 0.4) is 0 Å². The summed E-state index contributed by atoms with van der Waals surface area (Å²) in [7, 11) is 0. The van der Waals surface area contributed by atoms with Crippen LogP contribution in [0.4, 0.5) is 0 Å². The summed E-state index contributed by atoms with van der Waals surface area (Å²) in [6.45, 7) is 0. The Hall–Kier alpha value is -6.24. The number of hydrogen-bond acceptors (Lipinski definition) is 0. The van der Waals surface area contributed by atoms with Gasteiger partial charge >= 0.3 is 0 Å². The Bertz CT molecular complexity index is 1890. The second kappa shape index (κ2) is 14.9. The summed E-state index contributed by atoms with van der Waals surface area (Å²) in [6.07, 6.45) is 6.93. The average molecular weight is 613 g/mol. The number of rotatable bonds is 9. The van der Waals surface area contributed by atoms with Crippen molar-refractivity contribution in [1.82, 2.24) is 0 Å². The molecule has 0 amide bonds. The molecule has 0 atom stereocenters. The molecule has 0 radical (unpaired) electrons. The molecule has 0 aromatic heterocycles. The second-order valence-corrected chi connectivity index (χ2v) is 11.8. The molecule has 7 aromatic rings. The van der Waals surface area contributed by atoms with Gasteiger partial charge in [0.05, 0.1) is 0 Å². The molecular weight excluding hydrogens is 577 g/mol. The van der Waals surface area contributed by atoms with Gasteiger partial charge in [0.15, 0.2) is 0 Å². The van der Waals surface area contributed by atoms with E-state index in [-0.39, 0.29) is 0 Å². The van der Waals surface area contributed by atoms with Crippen LogP contribution in [0.2, 0.25) is 0 Å². The van der Waals surface area contributed by atoms with Crippen LogP contribution >= 0.6 is 0 Å². The van der Waals surface area contributed by atoms with Crippen LogP contribution < -0.4 is 0 Å². The van der Waals surface area contributed by atoms with Gasteiger partial charge in [-0.3, -0.25) is 0 Å². The fourth-order valence-corrected chi connectivity index (χ4v) is 6.10. The van der Waals surface area contributed by atoms with Gasteiger partial charge in [-0.1, -0.05) is 182 Å². The van der Waals surface area contributed by atoms with Gasteiger partial charge in [0.2, 0.25) is 0 Å². The Balaban J connectivity index is 1.54. The SMILES string of the molecule is C(=C(c1ccccc1)c1cc(C(=Cc2ccccc2)c2ccccc2)cc(C(=Cc2ccccc2)c2ccccc2)c1)c1ccccc1. The van der Waals surface area contributed by atoms with Crippen molar-refractivity contribution in [2.24, 2.45) is 0 Å². The normalized spacial score (nSPS) is 12.1. The minimum Gasteiger partial charge on any atom is -0.0622 e. The maximum Gasteiger partial charge on any atom is -0.0105 e. The molecule has 228 valence electrons. The quantitative estimate of drug-likeness (QED) is 0.142. The molecule has 0 aliphatic heterocycles. The third kappa shape index (κ3) is 7.41. The van der Waals surface area contributed by atoms with E-state index in [2.05, 4.69) is 218 Å². The molecule has 0 N–H and O–H groups in total. The van der Waals surface area contributed by atoms with Crippen molar-refractivity contribution in [2.75, 3.05) is 0 Å². The lowest BCUT2D eigenvalue weighted by atomic mass is 9.86.